The Labute approximate surface area is 132 Å². The number of urea groups is 1. The van der Waals surface area contributed by atoms with Crippen LogP contribution in [0.15, 0.2) is 18.2 Å². The largest absolute Gasteiger partial charge is 0.325 e. The van der Waals surface area contributed by atoms with Crippen molar-refractivity contribution >= 4 is 17.6 Å². The predicted molar refractivity (Wildman–Crippen MR) is 87.9 cm³/mol. The summed E-state index contributed by atoms with van der Waals surface area (Å²) in [5, 5.41) is 5.13. The van der Waals surface area contributed by atoms with Gasteiger partial charge in [0.1, 0.15) is 0 Å². The van der Waals surface area contributed by atoms with E-state index in [1.807, 2.05) is 32.0 Å². The van der Waals surface area contributed by atoms with E-state index in [-0.39, 0.29) is 12.5 Å². The van der Waals surface area contributed by atoms with Gasteiger partial charge in [0.25, 0.3) is 0 Å². The van der Waals surface area contributed by atoms with Crippen LogP contribution >= 0.6 is 0 Å². The summed E-state index contributed by atoms with van der Waals surface area (Å²) in [5.74, 6) is 0.363. The van der Waals surface area contributed by atoms with Gasteiger partial charge >= 0.3 is 6.03 Å². The van der Waals surface area contributed by atoms with E-state index in [0.717, 1.165) is 36.3 Å². The van der Waals surface area contributed by atoms with Gasteiger partial charge in [-0.2, -0.15) is 0 Å². The Kier molecular flexibility index (Phi) is 5.55. The van der Waals surface area contributed by atoms with Crippen molar-refractivity contribution in [3.63, 3.8) is 0 Å². The van der Waals surface area contributed by atoms with E-state index in [0.29, 0.717) is 5.92 Å². The fourth-order valence-electron chi connectivity index (χ4n) is 2.91. The Bertz CT molecular complexity index is 557. The van der Waals surface area contributed by atoms with Crippen LogP contribution in [-0.4, -0.2) is 36.5 Å². The molecule has 1 aromatic rings. The second-order valence-electron chi connectivity index (χ2n) is 6.30. The first-order valence-electron chi connectivity index (χ1n) is 7.84. The molecule has 5 nitrogen and oxygen atoms in total. The number of nitrogens with zero attached hydrogens (tertiary/aromatic N) is 1. The number of rotatable bonds is 3. The van der Waals surface area contributed by atoms with Gasteiger partial charge in [0.05, 0.1) is 6.54 Å². The van der Waals surface area contributed by atoms with E-state index in [4.69, 9.17) is 0 Å². The molecule has 2 rings (SSSR count). The number of hydrogen-bond acceptors (Lipinski definition) is 3. The van der Waals surface area contributed by atoms with E-state index in [9.17, 15) is 9.59 Å². The molecule has 1 heterocycles. The van der Waals surface area contributed by atoms with Crippen molar-refractivity contribution in [2.45, 2.75) is 33.6 Å². The van der Waals surface area contributed by atoms with Crippen molar-refractivity contribution in [2.24, 2.45) is 5.92 Å². The maximum absolute atomic E-state index is 11.9. The minimum Gasteiger partial charge on any atom is -0.307 e. The zero-order valence-electron chi connectivity index (χ0n) is 13.6. The van der Waals surface area contributed by atoms with Gasteiger partial charge in [-0.15, -0.1) is 0 Å². The molecular formula is C17H25N3O2. The minimum atomic E-state index is -0.470. The molecule has 3 amide bonds. The lowest BCUT2D eigenvalue weighted by molar-refractivity contribution is -0.121. The molecule has 0 aliphatic carbocycles. The summed E-state index contributed by atoms with van der Waals surface area (Å²) in [5.41, 5.74) is 2.84. The van der Waals surface area contributed by atoms with Crippen LogP contribution in [0.5, 0.6) is 0 Å². The number of nitrogens with one attached hydrogen (secondary N) is 2. The van der Waals surface area contributed by atoms with E-state index in [2.05, 4.69) is 22.5 Å². The quantitative estimate of drug-likeness (QED) is 0.902. The third-order valence-corrected chi connectivity index (χ3v) is 3.99. The van der Waals surface area contributed by atoms with E-state index in [1.165, 1.54) is 6.42 Å². The third-order valence-electron chi connectivity index (χ3n) is 3.99. The number of piperidine rings is 1. The molecule has 1 atom stereocenters. The van der Waals surface area contributed by atoms with Crippen molar-refractivity contribution < 1.29 is 9.59 Å². The monoisotopic (exact) mass is 303 g/mol. The lowest BCUT2D eigenvalue weighted by atomic mass is 10.0. The van der Waals surface area contributed by atoms with Crippen molar-refractivity contribution in [1.82, 2.24) is 10.2 Å². The van der Waals surface area contributed by atoms with Crippen LogP contribution in [0, 0.1) is 19.8 Å². The number of hydrogen-bond donors (Lipinski definition) is 2. The van der Waals surface area contributed by atoms with Crippen LogP contribution in [0.25, 0.3) is 0 Å². The van der Waals surface area contributed by atoms with Gasteiger partial charge in [-0.25, -0.2) is 4.79 Å². The van der Waals surface area contributed by atoms with E-state index >= 15 is 0 Å². The summed E-state index contributed by atoms with van der Waals surface area (Å²) < 4.78 is 0. The predicted octanol–water partition coefficient (Wildman–Crippen LogP) is 2.68. The lowest BCUT2D eigenvalue weighted by Crippen LogP contribution is -2.44. The molecule has 1 aromatic carbocycles. The van der Waals surface area contributed by atoms with Gasteiger partial charge in [0.15, 0.2) is 0 Å². The number of imide groups is 1. The van der Waals surface area contributed by atoms with Crippen molar-refractivity contribution in [3.05, 3.63) is 29.3 Å². The normalized spacial score (nSPS) is 18.8. The molecule has 0 spiro atoms. The molecule has 2 N–H and O–H groups in total. The molecule has 0 saturated carbocycles. The molecule has 1 aliphatic heterocycles. The number of amides is 3. The summed E-state index contributed by atoms with van der Waals surface area (Å²) >= 11 is 0. The summed E-state index contributed by atoms with van der Waals surface area (Å²) in [6, 6.07) is 5.30. The molecule has 1 aliphatic rings. The molecule has 0 radical (unpaired) electrons. The molecule has 22 heavy (non-hydrogen) atoms. The number of anilines is 1. The van der Waals surface area contributed by atoms with Gasteiger partial charge in [-0.05, 0) is 50.8 Å². The molecule has 5 heteroatoms. The van der Waals surface area contributed by atoms with Crippen molar-refractivity contribution in [1.29, 1.82) is 0 Å². The first-order valence-corrected chi connectivity index (χ1v) is 7.84. The van der Waals surface area contributed by atoms with Gasteiger partial charge < -0.3 is 5.32 Å². The average Bonchev–Trinajstić information content (AvgIpc) is 2.41. The summed E-state index contributed by atoms with van der Waals surface area (Å²) in [6.07, 6.45) is 2.33. The van der Waals surface area contributed by atoms with Crippen LogP contribution < -0.4 is 10.6 Å². The smallest absolute Gasteiger partial charge is 0.307 e. The Balaban J connectivity index is 1.82. The first kappa shape index (κ1) is 16.5. The average molecular weight is 303 g/mol. The minimum absolute atomic E-state index is 0.253. The first-order chi connectivity index (χ1) is 10.4. The van der Waals surface area contributed by atoms with Crippen LogP contribution in [0.3, 0.4) is 0 Å². The van der Waals surface area contributed by atoms with Crippen LogP contribution in [-0.2, 0) is 4.79 Å². The summed E-state index contributed by atoms with van der Waals surface area (Å²) in [7, 11) is 0. The maximum atomic E-state index is 11.9. The number of carbonyl (C=O) groups excluding carboxylic acids is 2. The molecule has 1 fully saturated rings. The van der Waals surface area contributed by atoms with Crippen molar-refractivity contribution in [3.8, 4) is 0 Å². The second kappa shape index (κ2) is 7.40. The maximum Gasteiger partial charge on any atom is 0.325 e. The number of likely N-dealkylation sites (tertiary alicyclic amines) is 1. The zero-order valence-corrected chi connectivity index (χ0v) is 13.6. The van der Waals surface area contributed by atoms with Crippen LogP contribution in [0.2, 0.25) is 0 Å². The fourth-order valence-corrected chi connectivity index (χ4v) is 2.91. The van der Waals surface area contributed by atoms with Gasteiger partial charge in [0.2, 0.25) is 5.91 Å². The van der Waals surface area contributed by atoms with Gasteiger partial charge in [-0.3, -0.25) is 15.0 Å². The van der Waals surface area contributed by atoms with E-state index < -0.39 is 6.03 Å². The highest BCUT2D eigenvalue weighted by Crippen LogP contribution is 2.16. The van der Waals surface area contributed by atoms with Crippen LogP contribution in [0.4, 0.5) is 10.5 Å². The van der Waals surface area contributed by atoms with Gasteiger partial charge in [-0.1, -0.05) is 24.6 Å². The summed E-state index contributed by atoms with van der Waals surface area (Å²) in [4.78, 5) is 26.0. The molecule has 0 unspecified atom stereocenters. The third kappa shape index (κ3) is 4.84. The molecular weight excluding hydrogens is 278 g/mol. The number of aryl methyl sites for hydroxylation is 2. The zero-order chi connectivity index (χ0) is 16.1. The standard InChI is InChI=1S/C17H25N3O2/c1-12-6-7-15(14(3)9-12)18-17(22)19-16(21)11-20-8-4-5-13(2)10-20/h6-7,9,13H,4-5,8,10-11H2,1-3H3,(H2,18,19,21,22)/t13-/m0/s1. The summed E-state index contributed by atoms with van der Waals surface area (Å²) in [6.45, 7) is 8.25. The molecule has 0 aromatic heterocycles. The van der Waals surface area contributed by atoms with E-state index in [1.54, 1.807) is 0 Å². The Morgan fingerprint density at radius 2 is 2.09 bits per heavy atom. The molecule has 120 valence electrons. The second-order valence-corrected chi connectivity index (χ2v) is 6.30. The highest BCUT2D eigenvalue weighted by atomic mass is 16.2. The number of carbonyl (C=O) groups is 2. The number of benzene rings is 1. The Morgan fingerprint density at radius 1 is 1.32 bits per heavy atom. The highest BCUT2D eigenvalue weighted by Gasteiger charge is 2.19. The highest BCUT2D eigenvalue weighted by molar-refractivity contribution is 6.02. The Morgan fingerprint density at radius 3 is 2.77 bits per heavy atom. The Hall–Kier alpha value is -1.88. The fraction of sp³-hybridized carbons (Fsp3) is 0.529. The lowest BCUT2D eigenvalue weighted by Gasteiger charge is -2.29. The van der Waals surface area contributed by atoms with Gasteiger partial charge in [0, 0.05) is 12.2 Å². The SMILES string of the molecule is Cc1ccc(NC(=O)NC(=O)CN2CCC[C@H](C)C2)c(C)c1. The molecule has 1 saturated heterocycles. The van der Waals surface area contributed by atoms with Crippen molar-refractivity contribution in [2.75, 3.05) is 25.0 Å². The molecule has 0 bridgehead atoms. The topological polar surface area (TPSA) is 61.4 Å². The van der Waals surface area contributed by atoms with Crippen LogP contribution in [0.1, 0.15) is 30.9 Å².